The summed E-state index contributed by atoms with van der Waals surface area (Å²) in [5, 5.41) is 9.66. The van der Waals surface area contributed by atoms with Gasteiger partial charge in [-0.2, -0.15) is 0 Å². The van der Waals surface area contributed by atoms with Gasteiger partial charge in [-0.15, -0.1) is 0 Å². The second-order valence-electron chi connectivity index (χ2n) is 4.30. The van der Waals surface area contributed by atoms with Crippen LogP contribution in [-0.4, -0.2) is 35.8 Å². The molecule has 2 rings (SSSR count). The summed E-state index contributed by atoms with van der Waals surface area (Å²) in [5.74, 6) is 0.253. The van der Waals surface area contributed by atoms with Gasteiger partial charge in [-0.05, 0) is 56.5 Å². The van der Waals surface area contributed by atoms with Gasteiger partial charge in [0.2, 0.25) is 0 Å². The first-order chi connectivity index (χ1) is 8.08. The highest BCUT2D eigenvalue weighted by atomic mass is 79.9. The molecule has 17 heavy (non-hydrogen) atoms. The fourth-order valence-corrected chi connectivity index (χ4v) is 3.22. The van der Waals surface area contributed by atoms with Gasteiger partial charge in [-0.25, -0.2) is 0 Å². The number of rotatable bonds is 2. The third-order valence-electron chi connectivity index (χ3n) is 2.97. The summed E-state index contributed by atoms with van der Waals surface area (Å²) in [6, 6.07) is 4.36. The molecule has 1 heterocycles. The largest absolute Gasteiger partial charge is 0.506 e. The Bertz CT molecular complexity index is 388. The first kappa shape index (κ1) is 13.3. The molecule has 1 fully saturated rings. The molecule has 5 heteroatoms. The average molecular weight is 365 g/mol. The SMILES string of the molecule is CC1COCCN1Cc1cc(Br)c(O)c(Br)c1. The molecule has 1 aromatic rings. The molecule has 0 spiro atoms. The van der Waals surface area contributed by atoms with E-state index in [4.69, 9.17) is 4.74 Å². The minimum Gasteiger partial charge on any atom is -0.506 e. The van der Waals surface area contributed by atoms with Gasteiger partial charge in [0.15, 0.2) is 0 Å². The van der Waals surface area contributed by atoms with Crippen LogP contribution in [0.15, 0.2) is 21.1 Å². The molecule has 1 aliphatic rings. The van der Waals surface area contributed by atoms with Crippen LogP contribution < -0.4 is 0 Å². The highest BCUT2D eigenvalue weighted by Gasteiger charge is 2.19. The molecular weight excluding hydrogens is 350 g/mol. The second kappa shape index (κ2) is 5.69. The third kappa shape index (κ3) is 3.22. The van der Waals surface area contributed by atoms with Gasteiger partial charge < -0.3 is 9.84 Å². The van der Waals surface area contributed by atoms with Crippen LogP contribution in [0.3, 0.4) is 0 Å². The van der Waals surface area contributed by atoms with Crippen LogP contribution in [0.1, 0.15) is 12.5 Å². The molecule has 3 nitrogen and oxygen atoms in total. The fraction of sp³-hybridized carbons (Fsp3) is 0.500. The van der Waals surface area contributed by atoms with E-state index < -0.39 is 0 Å². The molecule has 0 aliphatic carbocycles. The quantitative estimate of drug-likeness (QED) is 0.874. The lowest BCUT2D eigenvalue weighted by Gasteiger charge is -2.33. The van der Waals surface area contributed by atoms with Gasteiger partial charge in [0.05, 0.1) is 22.2 Å². The molecule has 0 saturated carbocycles. The minimum atomic E-state index is 0.253. The molecule has 0 amide bonds. The summed E-state index contributed by atoms with van der Waals surface area (Å²) in [5.41, 5.74) is 1.18. The van der Waals surface area contributed by atoms with Crippen molar-refractivity contribution in [3.63, 3.8) is 0 Å². The van der Waals surface area contributed by atoms with E-state index in [1.807, 2.05) is 12.1 Å². The molecule has 1 unspecified atom stereocenters. The highest BCUT2D eigenvalue weighted by molar-refractivity contribution is 9.11. The van der Waals surface area contributed by atoms with Crippen LogP contribution in [0.25, 0.3) is 0 Å². The van der Waals surface area contributed by atoms with Crippen molar-refractivity contribution in [2.24, 2.45) is 0 Å². The number of ether oxygens (including phenoxy) is 1. The molecule has 1 aliphatic heterocycles. The van der Waals surface area contributed by atoms with Crippen molar-refractivity contribution in [1.82, 2.24) is 4.90 Å². The van der Waals surface area contributed by atoms with E-state index in [1.165, 1.54) is 5.56 Å². The molecule has 1 saturated heterocycles. The van der Waals surface area contributed by atoms with Gasteiger partial charge >= 0.3 is 0 Å². The maximum atomic E-state index is 9.66. The Labute approximate surface area is 118 Å². The molecule has 1 N–H and O–H groups in total. The summed E-state index contributed by atoms with van der Waals surface area (Å²) in [7, 11) is 0. The summed E-state index contributed by atoms with van der Waals surface area (Å²) in [6.45, 7) is 5.59. The fourth-order valence-electron chi connectivity index (χ4n) is 1.94. The maximum Gasteiger partial charge on any atom is 0.143 e. The van der Waals surface area contributed by atoms with E-state index in [0.717, 1.165) is 35.2 Å². The van der Waals surface area contributed by atoms with Crippen molar-refractivity contribution in [3.8, 4) is 5.75 Å². The number of halogens is 2. The third-order valence-corrected chi connectivity index (χ3v) is 4.18. The second-order valence-corrected chi connectivity index (χ2v) is 6.01. The van der Waals surface area contributed by atoms with E-state index >= 15 is 0 Å². The van der Waals surface area contributed by atoms with E-state index in [1.54, 1.807) is 0 Å². The highest BCUT2D eigenvalue weighted by Crippen LogP contribution is 2.33. The Morgan fingerprint density at radius 3 is 2.65 bits per heavy atom. The predicted octanol–water partition coefficient (Wildman–Crippen LogP) is 3.14. The topological polar surface area (TPSA) is 32.7 Å². The Balaban J connectivity index is 2.12. The van der Waals surface area contributed by atoms with Crippen LogP contribution in [0, 0.1) is 0 Å². The van der Waals surface area contributed by atoms with Crippen LogP contribution in [0.5, 0.6) is 5.75 Å². The van der Waals surface area contributed by atoms with Gasteiger partial charge in [-0.1, -0.05) is 0 Å². The van der Waals surface area contributed by atoms with E-state index in [2.05, 4.69) is 43.7 Å². The molecule has 94 valence electrons. The minimum absolute atomic E-state index is 0.253. The number of hydrogen-bond acceptors (Lipinski definition) is 3. The summed E-state index contributed by atoms with van der Waals surface area (Å²) >= 11 is 6.71. The van der Waals surface area contributed by atoms with Gasteiger partial charge in [0, 0.05) is 19.1 Å². The van der Waals surface area contributed by atoms with Gasteiger partial charge in [-0.3, -0.25) is 4.90 Å². The monoisotopic (exact) mass is 363 g/mol. The molecule has 1 atom stereocenters. The molecule has 0 radical (unpaired) electrons. The molecular formula is C12H15Br2NO2. The average Bonchev–Trinajstić information content (AvgIpc) is 2.29. The summed E-state index contributed by atoms with van der Waals surface area (Å²) < 4.78 is 6.87. The number of morpholine rings is 1. The lowest BCUT2D eigenvalue weighted by atomic mass is 10.1. The van der Waals surface area contributed by atoms with E-state index in [9.17, 15) is 5.11 Å². The van der Waals surface area contributed by atoms with Crippen LogP contribution in [0.4, 0.5) is 0 Å². The van der Waals surface area contributed by atoms with Crippen molar-refractivity contribution in [1.29, 1.82) is 0 Å². The molecule has 1 aromatic carbocycles. The smallest absolute Gasteiger partial charge is 0.143 e. The van der Waals surface area contributed by atoms with Crippen molar-refractivity contribution in [2.75, 3.05) is 19.8 Å². The van der Waals surface area contributed by atoms with Gasteiger partial charge in [0.25, 0.3) is 0 Å². The zero-order valence-electron chi connectivity index (χ0n) is 9.62. The lowest BCUT2D eigenvalue weighted by molar-refractivity contribution is -0.00438. The van der Waals surface area contributed by atoms with Crippen molar-refractivity contribution in [3.05, 3.63) is 26.6 Å². The van der Waals surface area contributed by atoms with Crippen LogP contribution >= 0.6 is 31.9 Å². The first-order valence-electron chi connectivity index (χ1n) is 5.56. The van der Waals surface area contributed by atoms with Crippen molar-refractivity contribution in [2.45, 2.75) is 19.5 Å². The number of aromatic hydroxyl groups is 1. The predicted molar refractivity (Wildman–Crippen MR) is 74.2 cm³/mol. The Morgan fingerprint density at radius 1 is 1.41 bits per heavy atom. The molecule has 0 aromatic heterocycles. The van der Waals surface area contributed by atoms with Crippen molar-refractivity contribution >= 4 is 31.9 Å². The van der Waals surface area contributed by atoms with Crippen LogP contribution in [0.2, 0.25) is 0 Å². The first-order valence-corrected chi connectivity index (χ1v) is 7.15. The molecule has 0 bridgehead atoms. The normalized spacial score (nSPS) is 21.7. The summed E-state index contributed by atoms with van der Waals surface area (Å²) in [4.78, 5) is 2.38. The summed E-state index contributed by atoms with van der Waals surface area (Å²) in [6.07, 6.45) is 0. The number of benzene rings is 1. The number of nitrogens with zero attached hydrogens (tertiary/aromatic N) is 1. The van der Waals surface area contributed by atoms with Gasteiger partial charge in [0.1, 0.15) is 5.75 Å². The number of hydrogen-bond donors (Lipinski definition) is 1. The Kier molecular flexibility index (Phi) is 4.47. The maximum absolute atomic E-state index is 9.66. The van der Waals surface area contributed by atoms with Crippen molar-refractivity contribution < 1.29 is 9.84 Å². The number of phenols is 1. The van der Waals surface area contributed by atoms with Crippen LogP contribution in [-0.2, 0) is 11.3 Å². The van der Waals surface area contributed by atoms with E-state index in [0.29, 0.717) is 6.04 Å². The Hall–Kier alpha value is -0.100. The van der Waals surface area contributed by atoms with E-state index in [-0.39, 0.29) is 5.75 Å². The standard InChI is InChI=1S/C12H15Br2NO2/c1-8-7-17-3-2-15(8)6-9-4-10(13)12(16)11(14)5-9/h4-5,8,16H,2-3,6-7H2,1H3. The lowest BCUT2D eigenvalue weighted by Crippen LogP contribution is -2.42. The zero-order chi connectivity index (χ0) is 12.4. The Morgan fingerprint density at radius 2 is 2.06 bits per heavy atom. The zero-order valence-corrected chi connectivity index (χ0v) is 12.8. The number of phenolic OH excluding ortho intramolecular Hbond substituents is 1.